The second-order valence-corrected chi connectivity index (χ2v) is 4.22. The molecule has 0 aromatic carbocycles. The minimum absolute atomic E-state index is 0.137. The second-order valence-electron chi connectivity index (χ2n) is 1.83. The number of nitrogens with two attached hydrogens (primary N) is 1. The van der Waals surface area contributed by atoms with Crippen LogP contribution >= 0.6 is 11.3 Å². The molecule has 1 aromatic heterocycles. The van der Waals surface area contributed by atoms with Crippen LogP contribution in [0.5, 0.6) is 0 Å². The molecule has 1 heterocycles. The molecule has 6 heteroatoms. The molecular formula is C5H5N3OS2. The summed E-state index contributed by atoms with van der Waals surface area (Å²) in [5, 5.41) is 8.04. The molecular weight excluding hydrogens is 182 g/mol. The van der Waals surface area contributed by atoms with Crippen LogP contribution in [-0.2, 0) is 9.92 Å². The van der Waals surface area contributed by atoms with Gasteiger partial charge in [-0.1, -0.05) is 0 Å². The molecule has 0 fully saturated rings. The monoisotopic (exact) mass is 187 g/mol. The summed E-state index contributed by atoms with van der Waals surface area (Å²) in [6, 6.07) is 0. The third kappa shape index (κ3) is 1.57. The van der Waals surface area contributed by atoms with E-state index in [1.807, 2.05) is 0 Å². The molecule has 0 bridgehead atoms. The van der Waals surface area contributed by atoms with Gasteiger partial charge >= 0.3 is 0 Å². The van der Waals surface area contributed by atoms with Gasteiger partial charge in [-0.05, 0) is 10.8 Å². The Morgan fingerprint density at radius 3 is 2.73 bits per heavy atom. The smallest absolute Gasteiger partial charge is 0.215 e. The first-order valence-electron chi connectivity index (χ1n) is 2.56. The molecule has 1 atom stereocenters. The van der Waals surface area contributed by atoms with E-state index in [0.29, 0.717) is 0 Å². The molecule has 0 radical (unpaired) electrons. The lowest BCUT2D eigenvalue weighted by atomic mass is 10.6. The van der Waals surface area contributed by atoms with Gasteiger partial charge in [0.2, 0.25) is 5.69 Å². The summed E-state index contributed by atoms with van der Waals surface area (Å²) < 4.78 is 17.9. The van der Waals surface area contributed by atoms with Crippen LogP contribution < -0.4 is 5.14 Å². The van der Waals surface area contributed by atoms with E-state index in [2.05, 4.69) is 4.85 Å². The lowest BCUT2D eigenvalue weighted by Crippen LogP contribution is -2.08. The quantitative estimate of drug-likeness (QED) is 0.644. The van der Waals surface area contributed by atoms with Crippen molar-refractivity contribution in [1.29, 1.82) is 4.78 Å². The minimum Gasteiger partial charge on any atom is -0.242 e. The van der Waals surface area contributed by atoms with Crippen molar-refractivity contribution in [2.24, 2.45) is 5.14 Å². The van der Waals surface area contributed by atoms with Crippen molar-refractivity contribution < 1.29 is 4.21 Å². The van der Waals surface area contributed by atoms with Crippen LogP contribution in [-0.4, -0.2) is 4.21 Å². The average Bonchev–Trinajstić information content (AvgIpc) is 2.31. The van der Waals surface area contributed by atoms with Crippen LogP contribution in [0.2, 0.25) is 0 Å². The largest absolute Gasteiger partial charge is 0.242 e. The highest BCUT2D eigenvalue weighted by molar-refractivity contribution is 7.90. The van der Waals surface area contributed by atoms with Gasteiger partial charge in [-0.25, -0.2) is 19.0 Å². The Kier molecular flexibility index (Phi) is 1.95. The molecule has 0 saturated carbocycles. The lowest BCUT2D eigenvalue weighted by molar-refractivity contribution is 0.676. The van der Waals surface area contributed by atoms with Crippen LogP contribution in [0.1, 0.15) is 0 Å². The third-order valence-electron chi connectivity index (χ3n) is 1.05. The maximum Gasteiger partial charge on any atom is 0.215 e. The van der Waals surface area contributed by atoms with E-state index in [4.69, 9.17) is 16.5 Å². The first-order valence-corrected chi connectivity index (χ1v) is 5.12. The second kappa shape index (κ2) is 2.62. The van der Waals surface area contributed by atoms with Gasteiger partial charge in [0.15, 0.2) is 0 Å². The van der Waals surface area contributed by atoms with E-state index in [1.54, 1.807) is 0 Å². The van der Waals surface area contributed by atoms with Crippen molar-refractivity contribution in [2.75, 3.05) is 0 Å². The lowest BCUT2D eigenvalue weighted by Gasteiger charge is -1.95. The Hall–Kier alpha value is -0.900. The van der Waals surface area contributed by atoms with Crippen LogP contribution in [0.4, 0.5) is 5.69 Å². The van der Waals surface area contributed by atoms with E-state index in [1.165, 1.54) is 22.1 Å². The van der Waals surface area contributed by atoms with Gasteiger partial charge in [-0.3, -0.25) is 0 Å². The zero-order valence-corrected chi connectivity index (χ0v) is 7.04. The van der Waals surface area contributed by atoms with Crippen LogP contribution in [0.15, 0.2) is 15.7 Å². The Balaban J connectivity index is 3.39. The van der Waals surface area contributed by atoms with Crippen molar-refractivity contribution in [3.63, 3.8) is 0 Å². The summed E-state index contributed by atoms with van der Waals surface area (Å²) in [4.78, 5) is 3.21. The van der Waals surface area contributed by atoms with Crippen LogP contribution in [0.25, 0.3) is 4.85 Å². The van der Waals surface area contributed by atoms with Gasteiger partial charge in [0.25, 0.3) is 0 Å². The van der Waals surface area contributed by atoms with Crippen molar-refractivity contribution >= 4 is 26.9 Å². The van der Waals surface area contributed by atoms with Gasteiger partial charge < -0.3 is 0 Å². The van der Waals surface area contributed by atoms with E-state index < -0.39 is 9.92 Å². The number of nitrogens with zero attached hydrogens (tertiary/aromatic N) is 1. The summed E-state index contributed by atoms with van der Waals surface area (Å²) in [5.41, 5.74) is 0.220. The standard InChI is InChI=1S/C5H5N3OS2/c1-8-4-2-10-3-5(4)11(6,7)9/h2-3H,(H3,6,7,9). The van der Waals surface area contributed by atoms with E-state index >= 15 is 0 Å². The highest BCUT2D eigenvalue weighted by atomic mass is 32.2. The molecule has 0 aliphatic carbocycles. The number of hydrogen-bond acceptors (Lipinski definition) is 3. The fraction of sp³-hybridized carbons (Fsp3) is 0. The number of rotatable bonds is 1. The van der Waals surface area contributed by atoms with Gasteiger partial charge in [0.05, 0.1) is 11.5 Å². The average molecular weight is 187 g/mol. The molecule has 1 rings (SSSR count). The topological polar surface area (TPSA) is 71.3 Å². The highest BCUT2D eigenvalue weighted by Gasteiger charge is 2.10. The van der Waals surface area contributed by atoms with Crippen LogP contribution in [0.3, 0.4) is 0 Å². The first-order chi connectivity index (χ1) is 5.05. The van der Waals surface area contributed by atoms with Gasteiger partial charge in [-0.2, -0.15) is 11.3 Å². The van der Waals surface area contributed by atoms with E-state index in [0.717, 1.165) is 0 Å². The normalized spacial score (nSPS) is 15.3. The molecule has 0 amide bonds. The number of thiophene rings is 1. The molecule has 0 aliphatic rings. The fourth-order valence-electron chi connectivity index (χ4n) is 0.587. The SMILES string of the molecule is [C-]#[N+]c1cscc1S(=N)(N)=O. The fourth-order valence-corrected chi connectivity index (χ4v) is 2.44. The molecule has 0 aliphatic heterocycles. The summed E-state index contributed by atoms with van der Waals surface area (Å²) in [6.07, 6.45) is 0. The molecule has 3 N–H and O–H groups in total. The Bertz CT molecular complexity index is 398. The summed E-state index contributed by atoms with van der Waals surface area (Å²) in [5.74, 6) is 0. The summed E-state index contributed by atoms with van der Waals surface area (Å²) in [6.45, 7) is 6.65. The highest BCUT2D eigenvalue weighted by Crippen LogP contribution is 2.27. The van der Waals surface area contributed by atoms with Crippen molar-refractivity contribution in [3.05, 3.63) is 22.2 Å². The molecule has 1 aromatic rings. The molecule has 1 unspecified atom stereocenters. The van der Waals surface area contributed by atoms with E-state index in [-0.39, 0.29) is 10.6 Å². The summed E-state index contributed by atoms with van der Waals surface area (Å²) >= 11 is 1.22. The van der Waals surface area contributed by atoms with Crippen molar-refractivity contribution in [1.82, 2.24) is 0 Å². The Morgan fingerprint density at radius 1 is 1.73 bits per heavy atom. The van der Waals surface area contributed by atoms with Gasteiger partial charge in [-0.15, -0.1) is 0 Å². The van der Waals surface area contributed by atoms with E-state index in [9.17, 15) is 4.21 Å². The van der Waals surface area contributed by atoms with Gasteiger partial charge in [0, 0.05) is 0 Å². The maximum absolute atomic E-state index is 10.9. The number of nitrogens with one attached hydrogen (secondary N) is 1. The molecule has 0 spiro atoms. The predicted molar refractivity (Wildman–Crippen MR) is 43.9 cm³/mol. The summed E-state index contributed by atoms with van der Waals surface area (Å²) in [7, 11) is -3.21. The van der Waals surface area contributed by atoms with Crippen molar-refractivity contribution in [3.8, 4) is 0 Å². The molecule has 11 heavy (non-hydrogen) atoms. The van der Waals surface area contributed by atoms with Crippen molar-refractivity contribution in [2.45, 2.75) is 4.90 Å². The zero-order chi connectivity index (χ0) is 8.48. The molecule has 0 saturated heterocycles. The molecule has 4 nitrogen and oxygen atoms in total. The predicted octanol–water partition coefficient (Wildman–Crippen LogP) is 1.58. The zero-order valence-electron chi connectivity index (χ0n) is 5.40. The van der Waals surface area contributed by atoms with Crippen LogP contribution in [0, 0.1) is 11.4 Å². The molecule has 58 valence electrons. The third-order valence-corrected chi connectivity index (χ3v) is 2.92. The number of hydrogen-bond donors (Lipinski definition) is 2. The minimum atomic E-state index is -3.21. The van der Waals surface area contributed by atoms with Gasteiger partial charge in [0.1, 0.15) is 9.92 Å². The Labute approximate surface area is 68.6 Å². The Morgan fingerprint density at radius 2 is 2.36 bits per heavy atom. The first kappa shape index (κ1) is 8.20. The maximum atomic E-state index is 10.9.